The molecule has 5 heteroatoms. The molecule has 0 radical (unpaired) electrons. The van der Waals surface area contributed by atoms with E-state index in [1.54, 1.807) is 7.11 Å². The average Bonchev–Trinajstić information content (AvgIpc) is 2.99. The maximum absolute atomic E-state index is 12.1. The molecular weight excluding hydrogens is 324 g/mol. The van der Waals surface area contributed by atoms with E-state index in [9.17, 15) is 4.79 Å². The van der Waals surface area contributed by atoms with Gasteiger partial charge in [0.15, 0.2) is 0 Å². The van der Waals surface area contributed by atoms with Crippen molar-refractivity contribution in [3.63, 3.8) is 0 Å². The molecule has 2 N–H and O–H groups in total. The number of ether oxygens (including phenoxy) is 1. The van der Waals surface area contributed by atoms with Gasteiger partial charge in [-0.25, -0.2) is 4.79 Å². The summed E-state index contributed by atoms with van der Waals surface area (Å²) in [5.74, 6) is 0. The van der Waals surface area contributed by atoms with Gasteiger partial charge in [0.25, 0.3) is 0 Å². The fourth-order valence-corrected chi connectivity index (χ4v) is 3.22. The molecule has 0 unspecified atom stereocenters. The third kappa shape index (κ3) is 3.89. The molecule has 0 spiro atoms. The molecule has 1 aliphatic carbocycles. The minimum Gasteiger partial charge on any atom is -0.376 e. The minimum absolute atomic E-state index is 0.197. The number of hydrogen-bond donors (Lipinski definition) is 2. The summed E-state index contributed by atoms with van der Waals surface area (Å²) in [7, 11) is 1.71. The maximum atomic E-state index is 12.1. The van der Waals surface area contributed by atoms with Crippen molar-refractivity contribution in [3.05, 3.63) is 70.2 Å². The Hall–Kier alpha value is -2.04. The highest BCUT2D eigenvalue weighted by Crippen LogP contribution is 2.31. The molecule has 0 saturated carbocycles. The van der Waals surface area contributed by atoms with Crippen LogP contribution < -0.4 is 10.6 Å². The molecule has 0 heterocycles. The predicted octanol–water partition coefficient (Wildman–Crippen LogP) is 3.32. The minimum atomic E-state index is -0.360. The average molecular weight is 345 g/mol. The summed E-state index contributed by atoms with van der Waals surface area (Å²) in [6, 6.07) is 15.5. The number of nitrogens with one attached hydrogen (secondary N) is 2. The molecule has 4 nitrogen and oxygen atoms in total. The highest BCUT2D eigenvalue weighted by atomic mass is 35.5. The van der Waals surface area contributed by atoms with E-state index in [2.05, 4.69) is 22.8 Å². The van der Waals surface area contributed by atoms with Gasteiger partial charge in [0.1, 0.15) is 0 Å². The maximum Gasteiger partial charge on any atom is 0.315 e. The number of rotatable bonds is 5. The second-order valence-electron chi connectivity index (χ2n) is 6.17. The summed E-state index contributed by atoms with van der Waals surface area (Å²) in [4.78, 5) is 12.1. The lowest BCUT2D eigenvalue weighted by Crippen LogP contribution is -2.48. The highest BCUT2D eigenvalue weighted by molar-refractivity contribution is 6.30. The summed E-state index contributed by atoms with van der Waals surface area (Å²) >= 11 is 5.85. The standard InChI is InChI=1S/C19H21ClN2O2/c1-24-19(10-15-4-2-3-5-16(15)11-19)13-22-18(23)21-12-14-6-8-17(20)9-7-14/h2-9H,10-13H2,1H3,(H2,21,22,23). The normalized spacial score (nSPS) is 14.9. The van der Waals surface area contributed by atoms with Gasteiger partial charge in [0.05, 0.1) is 5.60 Å². The number of benzene rings is 2. The number of halogens is 1. The van der Waals surface area contributed by atoms with Gasteiger partial charge in [-0.3, -0.25) is 0 Å². The van der Waals surface area contributed by atoms with Crippen LogP contribution >= 0.6 is 11.6 Å². The van der Waals surface area contributed by atoms with Crippen LogP contribution in [0, 0.1) is 0 Å². The Balaban J connectivity index is 1.51. The molecule has 2 amide bonds. The monoisotopic (exact) mass is 344 g/mol. The van der Waals surface area contributed by atoms with Crippen molar-refractivity contribution in [2.24, 2.45) is 0 Å². The van der Waals surface area contributed by atoms with E-state index in [0.29, 0.717) is 18.1 Å². The van der Waals surface area contributed by atoms with Crippen LogP contribution in [0.1, 0.15) is 16.7 Å². The molecule has 0 bridgehead atoms. The third-order valence-electron chi connectivity index (χ3n) is 4.51. The van der Waals surface area contributed by atoms with Gasteiger partial charge in [-0.1, -0.05) is 48.0 Å². The Morgan fingerprint density at radius 2 is 1.71 bits per heavy atom. The van der Waals surface area contributed by atoms with E-state index in [1.165, 1.54) is 11.1 Å². The van der Waals surface area contributed by atoms with Gasteiger partial charge < -0.3 is 15.4 Å². The molecule has 3 rings (SSSR count). The number of carbonyl (C=O) groups is 1. The van der Waals surface area contributed by atoms with Crippen molar-refractivity contribution in [2.75, 3.05) is 13.7 Å². The van der Waals surface area contributed by atoms with E-state index in [0.717, 1.165) is 18.4 Å². The molecule has 1 aliphatic rings. The zero-order valence-corrected chi connectivity index (χ0v) is 14.4. The number of fused-ring (bicyclic) bond motifs is 1. The zero-order chi connectivity index (χ0) is 17.0. The fourth-order valence-electron chi connectivity index (χ4n) is 3.09. The molecule has 0 aliphatic heterocycles. The lowest BCUT2D eigenvalue weighted by Gasteiger charge is -2.27. The van der Waals surface area contributed by atoms with Gasteiger partial charge in [0.2, 0.25) is 0 Å². The van der Waals surface area contributed by atoms with Gasteiger partial charge in [-0.05, 0) is 28.8 Å². The largest absolute Gasteiger partial charge is 0.376 e. The number of carbonyl (C=O) groups excluding carboxylic acids is 1. The lowest BCUT2D eigenvalue weighted by molar-refractivity contribution is 0.00177. The SMILES string of the molecule is COC1(CNC(=O)NCc2ccc(Cl)cc2)Cc2ccccc2C1. The van der Waals surface area contributed by atoms with E-state index >= 15 is 0 Å². The smallest absolute Gasteiger partial charge is 0.315 e. The Labute approximate surface area is 147 Å². The van der Waals surface area contributed by atoms with E-state index in [-0.39, 0.29) is 11.6 Å². The topological polar surface area (TPSA) is 50.4 Å². The zero-order valence-electron chi connectivity index (χ0n) is 13.6. The quantitative estimate of drug-likeness (QED) is 0.874. The summed E-state index contributed by atoms with van der Waals surface area (Å²) in [5.41, 5.74) is 3.23. The molecule has 126 valence electrons. The van der Waals surface area contributed by atoms with Crippen LogP contribution in [0.15, 0.2) is 48.5 Å². The van der Waals surface area contributed by atoms with Crippen molar-refractivity contribution in [1.82, 2.24) is 10.6 Å². The Bertz CT molecular complexity index is 691. The number of urea groups is 1. The van der Waals surface area contributed by atoms with Crippen LogP contribution in [0.2, 0.25) is 5.02 Å². The summed E-state index contributed by atoms with van der Waals surface area (Å²) in [5, 5.41) is 6.47. The van der Waals surface area contributed by atoms with E-state index in [4.69, 9.17) is 16.3 Å². The molecular formula is C19H21ClN2O2. The molecule has 2 aromatic rings. The van der Waals surface area contributed by atoms with Crippen molar-refractivity contribution >= 4 is 17.6 Å². The van der Waals surface area contributed by atoms with Crippen LogP contribution in [-0.2, 0) is 24.1 Å². The fraction of sp³-hybridized carbons (Fsp3) is 0.316. The molecule has 0 atom stereocenters. The van der Waals surface area contributed by atoms with E-state index < -0.39 is 0 Å². The van der Waals surface area contributed by atoms with Gasteiger partial charge >= 0.3 is 6.03 Å². The molecule has 0 saturated heterocycles. The van der Waals surface area contributed by atoms with Gasteiger partial charge in [-0.2, -0.15) is 0 Å². The molecule has 0 fully saturated rings. The second-order valence-corrected chi connectivity index (χ2v) is 6.61. The summed E-state index contributed by atoms with van der Waals surface area (Å²) in [6.45, 7) is 0.938. The highest BCUT2D eigenvalue weighted by Gasteiger charge is 2.37. The number of methoxy groups -OCH3 is 1. The first-order valence-electron chi connectivity index (χ1n) is 7.98. The molecule has 24 heavy (non-hydrogen) atoms. The lowest BCUT2D eigenvalue weighted by atomic mass is 10.0. The molecule has 0 aromatic heterocycles. The number of amides is 2. The number of hydrogen-bond acceptors (Lipinski definition) is 2. The summed E-state index contributed by atoms with van der Waals surface area (Å²) in [6.07, 6.45) is 1.63. The predicted molar refractivity (Wildman–Crippen MR) is 95.3 cm³/mol. The van der Waals surface area contributed by atoms with Crippen molar-refractivity contribution in [2.45, 2.75) is 25.0 Å². The van der Waals surface area contributed by atoms with Crippen LogP contribution in [0.5, 0.6) is 0 Å². The van der Waals surface area contributed by atoms with Gasteiger partial charge in [-0.15, -0.1) is 0 Å². The molecule has 2 aromatic carbocycles. The van der Waals surface area contributed by atoms with Crippen LogP contribution in [0.25, 0.3) is 0 Å². The van der Waals surface area contributed by atoms with Crippen molar-refractivity contribution < 1.29 is 9.53 Å². The third-order valence-corrected chi connectivity index (χ3v) is 4.77. The van der Waals surface area contributed by atoms with Crippen LogP contribution in [0.4, 0.5) is 4.79 Å². The van der Waals surface area contributed by atoms with Crippen LogP contribution in [-0.4, -0.2) is 25.3 Å². The summed E-state index contributed by atoms with van der Waals surface area (Å²) < 4.78 is 5.75. The second kappa shape index (κ2) is 7.24. The van der Waals surface area contributed by atoms with Crippen molar-refractivity contribution in [3.8, 4) is 0 Å². The first-order valence-corrected chi connectivity index (χ1v) is 8.36. The van der Waals surface area contributed by atoms with E-state index in [1.807, 2.05) is 36.4 Å². The Morgan fingerprint density at radius 3 is 2.29 bits per heavy atom. The van der Waals surface area contributed by atoms with Crippen LogP contribution in [0.3, 0.4) is 0 Å². The van der Waals surface area contributed by atoms with Gasteiger partial charge in [0, 0.05) is 38.1 Å². The first-order chi connectivity index (χ1) is 11.6. The Kier molecular flexibility index (Phi) is 5.07. The van der Waals surface area contributed by atoms with Crippen molar-refractivity contribution in [1.29, 1.82) is 0 Å². The first kappa shape index (κ1) is 16.8. The Morgan fingerprint density at radius 1 is 1.08 bits per heavy atom.